The number of aromatic nitrogens is 1. The van der Waals surface area contributed by atoms with Crippen LogP contribution >= 0.6 is 11.3 Å². The first-order valence-corrected chi connectivity index (χ1v) is 10.8. The van der Waals surface area contributed by atoms with Crippen molar-refractivity contribution in [2.24, 2.45) is 0 Å². The lowest BCUT2D eigenvalue weighted by Gasteiger charge is -2.29. The quantitative estimate of drug-likeness (QED) is 0.601. The van der Waals surface area contributed by atoms with Crippen LogP contribution in [0.4, 0.5) is 5.69 Å². The van der Waals surface area contributed by atoms with Gasteiger partial charge in [0.1, 0.15) is 16.5 Å². The second kappa shape index (κ2) is 9.28. The summed E-state index contributed by atoms with van der Waals surface area (Å²) in [7, 11) is 3.45. The third kappa shape index (κ3) is 4.63. The lowest BCUT2D eigenvalue weighted by Crippen LogP contribution is -2.36. The van der Waals surface area contributed by atoms with Crippen molar-refractivity contribution in [3.63, 3.8) is 0 Å². The smallest absolute Gasteiger partial charge is 0.273 e. The summed E-state index contributed by atoms with van der Waals surface area (Å²) in [4.78, 5) is 21.4. The molecule has 7 heteroatoms. The number of carbonyl (C=O) groups is 1. The molecular weight excluding hydrogens is 398 g/mol. The lowest BCUT2D eigenvalue weighted by atomic mass is 10.1. The molecule has 3 aromatic rings. The number of ether oxygens (including phenoxy) is 2. The maximum Gasteiger partial charge on any atom is 0.273 e. The van der Waals surface area contributed by atoms with Gasteiger partial charge in [-0.05, 0) is 42.0 Å². The van der Waals surface area contributed by atoms with Crippen molar-refractivity contribution in [3.05, 3.63) is 65.2 Å². The van der Waals surface area contributed by atoms with Crippen molar-refractivity contribution in [3.8, 4) is 16.3 Å². The fourth-order valence-electron chi connectivity index (χ4n) is 3.41. The molecule has 2 heterocycles. The minimum Gasteiger partial charge on any atom is -0.497 e. The van der Waals surface area contributed by atoms with Crippen LogP contribution in [0.2, 0.25) is 0 Å². The highest BCUT2D eigenvalue weighted by Crippen LogP contribution is 2.26. The number of benzene rings is 2. The molecule has 156 valence electrons. The Bertz CT molecular complexity index is 980. The van der Waals surface area contributed by atoms with Crippen LogP contribution in [-0.4, -0.2) is 56.3 Å². The Hall–Kier alpha value is -2.90. The summed E-state index contributed by atoms with van der Waals surface area (Å²) in [5.41, 5.74) is 3.73. The first-order valence-electron chi connectivity index (χ1n) is 9.91. The third-order valence-corrected chi connectivity index (χ3v) is 6.03. The zero-order valence-electron chi connectivity index (χ0n) is 17.2. The molecule has 0 radical (unpaired) electrons. The highest BCUT2D eigenvalue weighted by Gasteiger charge is 2.17. The van der Waals surface area contributed by atoms with E-state index in [1.54, 1.807) is 12.0 Å². The molecular formula is C23H25N3O3S. The largest absolute Gasteiger partial charge is 0.497 e. The van der Waals surface area contributed by atoms with E-state index < -0.39 is 0 Å². The molecule has 1 fully saturated rings. The first kappa shape index (κ1) is 20.4. The predicted octanol–water partition coefficient (Wildman–Crippen LogP) is 3.93. The highest BCUT2D eigenvalue weighted by molar-refractivity contribution is 7.13. The minimum atomic E-state index is -0.0803. The zero-order chi connectivity index (χ0) is 20.9. The second-order valence-corrected chi connectivity index (χ2v) is 8.05. The van der Waals surface area contributed by atoms with Crippen molar-refractivity contribution in [2.45, 2.75) is 6.54 Å². The van der Waals surface area contributed by atoms with Crippen LogP contribution < -0.4 is 9.64 Å². The van der Waals surface area contributed by atoms with E-state index in [2.05, 4.69) is 34.1 Å². The molecule has 1 aromatic heterocycles. The van der Waals surface area contributed by atoms with Gasteiger partial charge >= 0.3 is 0 Å². The van der Waals surface area contributed by atoms with Crippen molar-refractivity contribution in [1.29, 1.82) is 0 Å². The molecule has 1 aliphatic heterocycles. The molecule has 6 nitrogen and oxygen atoms in total. The van der Waals surface area contributed by atoms with Crippen molar-refractivity contribution < 1.29 is 14.3 Å². The maximum atomic E-state index is 12.8. The van der Waals surface area contributed by atoms with E-state index in [4.69, 9.17) is 9.47 Å². The molecule has 4 rings (SSSR count). The monoisotopic (exact) mass is 423 g/mol. The Balaban J connectivity index is 1.39. The number of rotatable bonds is 6. The van der Waals surface area contributed by atoms with Crippen LogP contribution in [0.15, 0.2) is 53.9 Å². The van der Waals surface area contributed by atoms with Crippen LogP contribution in [0.1, 0.15) is 16.1 Å². The van der Waals surface area contributed by atoms with Gasteiger partial charge < -0.3 is 19.3 Å². The molecule has 0 unspecified atom stereocenters. The molecule has 1 amide bonds. The Labute approximate surface area is 180 Å². The SMILES string of the molecule is COc1ccc(-c2nc(C(=O)N(C)Cc3ccc(N4CCOCC4)cc3)cs2)cc1. The molecule has 30 heavy (non-hydrogen) atoms. The number of methoxy groups -OCH3 is 1. The molecule has 1 saturated heterocycles. The number of hydrogen-bond donors (Lipinski definition) is 0. The summed E-state index contributed by atoms with van der Waals surface area (Å²) in [6, 6.07) is 16.1. The second-order valence-electron chi connectivity index (χ2n) is 7.19. The lowest BCUT2D eigenvalue weighted by molar-refractivity contribution is 0.0780. The van der Waals surface area contributed by atoms with Gasteiger partial charge in [-0.25, -0.2) is 4.98 Å². The Morgan fingerprint density at radius 2 is 1.83 bits per heavy atom. The molecule has 0 atom stereocenters. The summed E-state index contributed by atoms with van der Waals surface area (Å²) < 4.78 is 10.6. The van der Waals surface area contributed by atoms with Crippen molar-refractivity contribution in [1.82, 2.24) is 9.88 Å². The van der Waals surface area contributed by atoms with Crippen molar-refractivity contribution in [2.75, 3.05) is 45.4 Å². The number of thiazole rings is 1. The van der Waals surface area contributed by atoms with Gasteiger partial charge in [0, 0.05) is 43.3 Å². The van der Waals surface area contributed by atoms with Crippen LogP contribution in [0, 0.1) is 0 Å². The van der Waals surface area contributed by atoms with E-state index in [-0.39, 0.29) is 5.91 Å². The summed E-state index contributed by atoms with van der Waals surface area (Å²) in [5.74, 6) is 0.717. The molecule has 1 aliphatic rings. The summed E-state index contributed by atoms with van der Waals surface area (Å²) in [6.45, 7) is 3.91. The third-order valence-electron chi connectivity index (χ3n) is 5.14. The Morgan fingerprint density at radius 3 is 2.50 bits per heavy atom. The maximum absolute atomic E-state index is 12.8. The van der Waals surface area contributed by atoms with E-state index in [0.29, 0.717) is 12.2 Å². The van der Waals surface area contributed by atoms with Crippen LogP contribution in [-0.2, 0) is 11.3 Å². The summed E-state index contributed by atoms with van der Waals surface area (Å²) in [6.07, 6.45) is 0. The van der Waals surface area contributed by atoms with Gasteiger partial charge in [0.05, 0.1) is 20.3 Å². The molecule has 0 N–H and O–H groups in total. The first-order chi connectivity index (χ1) is 14.6. The number of hydrogen-bond acceptors (Lipinski definition) is 6. The van der Waals surface area contributed by atoms with Crippen LogP contribution in [0.25, 0.3) is 10.6 Å². The molecule has 0 bridgehead atoms. The predicted molar refractivity (Wildman–Crippen MR) is 119 cm³/mol. The van der Waals surface area contributed by atoms with E-state index in [9.17, 15) is 4.79 Å². The standard InChI is InChI=1S/C23H25N3O3S/c1-25(15-17-3-7-19(8-4-17)26-11-13-29-14-12-26)23(27)21-16-30-22(24-21)18-5-9-20(28-2)10-6-18/h3-10,16H,11-15H2,1-2H3. The topological polar surface area (TPSA) is 54.9 Å². The number of nitrogens with zero attached hydrogens (tertiary/aromatic N) is 3. The van der Waals surface area contributed by atoms with E-state index in [1.165, 1.54) is 17.0 Å². The van der Waals surface area contributed by atoms with Gasteiger partial charge in [-0.15, -0.1) is 11.3 Å². The average molecular weight is 424 g/mol. The Kier molecular flexibility index (Phi) is 6.30. The van der Waals surface area contributed by atoms with E-state index in [1.807, 2.05) is 36.7 Å². The van der Waals surface area contributed by atoms with Crippen LogP contribution in [0.3, 0.4) is 0 Å². The fourth-order valence-corrected chi connectivity index (χ4v) is 4.21. The molecule has 2 aromatic carbocycles. The zero-order valence-corrected chi connectivity index (χ0v) is 18.0. The fraction of sp³-hybridized carbons (Fsp3) is 0.304. The number of morpholine rings is 1. The van der Waals surface area contributed by atoms with Gasteiger partial charge in [0.25, 0.3) is 5.91 Å². The average Bonchev–Trinajstić information content (AvgIpc) is 3.30. The van der Waals surface area contributed by atoms with E-state index in [0.717, 1.165) is 48.2 Å². The van der Waals surface area contributed by atoms with Crippen LogP contribution in [0.5, 0.6) is 5.75 Å². The summed E-state index contributed by atoms with van der Waals surface area (Å²) >= 11 is 1.47. The van der Waals surface area contributed by atoms with Crippen molar-refractivity contribution >= 4 is 22.9 Å². The van der Waals surface area contributed by atoms with Gasteiger partial charge in [-0.2, -0.15) is 0 Å². The molecule has 0 aliphatic carbocycles. The van der Waals surface area contributed by atoms with Gasteiger partial charge in [-0.3, -0.25) is 4.79 Å². The molecule has 0 saturated carbocycles. The van der Waals surface area contributed by atoms with Gasteiger partial charge in [-0.1, -0.05) is 12.1 Å². The highest BCUT2D eigenvalue weighted by atomic mass is 32.1. The molecule has 0 spiro atoms. The number of anilines is 1. The number of carbonyl (C=O) groups excluding carboxylic acids is 1. The summed E-state index contributed by atoms with van der Waals surface area (Å²) in [5, 5.41) is 2.64. The van der Waals surface area contributed by atoms with E-state index >= 15 is 0 Å². The normalized spacial score (nSPS) is 13.9. The van der Waals surface area contributed by atoms with Gasteiger partial charge in [0.2, 0.25) is 0 Å². The number of amides is 1. The Morgan fingerprint density at radius 1 is 1.13 bits per heavy atom. The van der Waals surface area contributed by atoms with Gasteiger partial charge in [0.15, 0.2) is 0 Å². The minimum absolute atomic E-state index is 0.0803.